The van der Waals surface area contributed by atoms with E-state index in [0.717, 1.165) is 49.7 Å². The van der Waals surface area contributed by atoms with Crippen LogP contribution in [0.15, 0.2) is 18.3 Å². The smallest absolute Gasteiger partial charge is 0.274 e. The van der Waals surface area contributed by atoms with E-state index >= 15 is 0 Å². The van der Waals surface area contributed by atoms with E-state index in [-0.39, 0.29) is 11.6 Å². The van der Waals surface area contributed by atoms with Crippen molar-refractivity contribution in [2.75, 3.05) is 10.6 Å². The number of hydrogen-bond acceptors (Lipinski definition) is 7. The molecule has 2 amide bonds. The predicted molar refractivity (Wildman–Crippen MR) is 141 cm³/mol. The molecule has 2 atom stereocenters. The maximum atomic E-state index is 12.9. The molecule has 0 saturated heterocycles. The number of fused-ring (bicyclic) bond motifs is 2. The van der Waals surface area contributed by atoms with E-state index in [1.807, 2.05) is 0 Å². The number of pyridine rings is 1. The van der Waals surface area contributed by atoms with Gasteiger partial charge in [0.1, 0.15) is 27.8 Å². The number of amides is 2. The molecule has 2 N–H and O–H groups in total. The molecular weight excluding hydrogens is 490 g/mol. The summed E-state index contributed by atoms with van der Waals surface area (Å²) in [6, 6.07) is 7.56. The summed E-state index contributed by atoms with van der Waals surface area (Å²) in [4.78, 5) is 32.2. The zero-order valence-electron chi connectivity index (χ0n) is 20.1. The minimum atomic E-state index is -0.420. The number of rotatable bonds is 4. The van der Waals surface area contributed by atoms with Gasteiger partial charge in [-0.25, -0.2) is 0 Å². The van der Waals surface area contributed by atoms with Crippen molar-refractivity contribution in [1.29, 1.82) is 10.5 Å². The third-order valence-corrected chi connectivity index (χ3v) is 9.30. The quantitative estimate of drug-likeness (QED) is 0.462. The minimum Gasteiger partial charge on any atom is -0.312 e. The largest absolute Gasteiger partial charge is 0.312 e. The van der Waals surface area contributed by atoms with Crippen LogP contribution in [0.3, 0.4) is 0 Å². The Morgan fingerprint density at radius 1 is 0.889 bits per heavy atom. The van der Waals surface area contributed by atoms with Gasteiger partial charge in [-0.2, -0.15) is 10.5 Å². The number of carbonyl (C=O) groups excluding carboxylic acids is 2. The third kappa shape index (κ3) is 4.53. The fourth-order valence-electron chi connectivity index (χ4n) is 4.92. The molecule has 3 heterocycles. The maximum Gasteiger partial charge on any atom is 0.274 e. The minimum absolute atomic E-state index is 0.161. The van der Waals surface area contributed by atoms with E-state index in [2.05, 4.69) is 41.6 Å². The van der Waals surface area contributed by atoms with Crippen LogP contribution in [0.4, 0.5) is 10.0 Å². The molecule has 0 bridgehead atoms. The van der Waals surface area contributed by atoms with Crippen molar-refractivity contribution < 1.29 is 9.59 Å². The predicted octanol–water partition coefficient (Wildman–Crippen LogP) is 5.70. The topological polar surface area (TPSA) is 119 Å². The summed E-state index contributed by atoms with van der Waals surface area (Å²) in [5.41, 5.74) is 3.68. The van der Waals surface area contributed by atoms with Crippen LogP contribution in [0.2, 0.25) is 0 Å². The van der Waals surface area contributed by atoms with Gasteiger partial charge in [-0.05, 0) is 73.6 Å². The van der Waals surface area contributed by atoms with Gasteiger partial charge >= 0.3 is 0 Å². The summed E-state index contributed by atoms with van der Waals surface area (Å²) in [6.07, 6.45) is 7.01. The van der Waals surface area contributed by atoms with Gasteiger partial charge in [0.25, 0.3) is 11.8 Å². The van der Waals surface area contributed by atoms with Crippen LogP contribution >= 0.6 is 22.7 Å². The number of nitriles is 2. The molecule has 0 radical (unpaired) electrons. The molecular formula is C27H25N5O2S2. The molecule has 7 nitrogen and oxygen atoms in total. The van der Waals surface area contributed by atoms with E-state index in [1.54, 1.807) is 6.07 Å². The van der Waals surface area contributed by atoms with E-state index < -0.39 is 5.91 Å². The molecule has 3 aromatic heterocycles. The standard InChI is InChI=1S/C27H25N5O2S2/c1-14-3-6-17-19(11-28)26(35-22(17)9-14)31-24(33)16-5-8-21(30-13-16)25(34)32-27-20(12-29)18-7-4-15(2)10-23(18)36-27/h5,8,13-15H,3-4,6-7,9-10H2,1-2H3,(H,31,33)(H,32,34). The molecule has 182 valence electrons. The van der Waals surface area contributed by atoms with Gasteiger partial charge in [0, 0.05) is 16.0 Å². The molecule has 5 rings (SSSR count). The van der Waals surface area contributed by atoms with Crippen molar-refractivity contribution >= 4 is 44.5 Å². The van der Waals surface area contributed by atoms with Crippen LogP contribution in [0, 0.1) is 34.5 Å². The van der Waals surface area contributed by atoms with E-state index in [4.69, 9.17) is 0 Å². The van der Waals surface area contributed by atoms with Crippen LogP contribution in [0.25, 0.3) is 0 Å². The van der Waals surface area contributed by atoms with Crippen LogP contribution in [0.5, 0.6) is 0 Å². The first kappa shape index (κ1) is 24.2. The second kappa shape index (κ2) is 9.85. The molecule has 2 aliphatic rings. The first-order valence-electron chi connectivity index (χ1n) is 12.1. The van der Waals surface area contributed by atoms with E-state index in [9.17, 15) is 20.1 Å². The molecule has 9 heteroatoms. The number of thiophene rings is 2. The van der Waals surface area contributed by atoms with Crippen LogP contribution in [0.1, 0.15) is 79.5 Å². The Morgan fingerprint density at radius 2 is 1.42 bits per heavy atom. The highest BCUT2D eigenvalue weighted by Gasteiger charge is 2.26. The van der Waals surface area contributed by atoms with Crippen molar-refractivity contribution in [3.63, 3.8) is 0 Å². The molecule has 2 unspecified atom stereocenters. The third-order valence-electron chi connectivity index (χ3n) is 6.96. The Balaban J connectivity index is 1.29. The monoisotopic (exact) mass is 515 g/mol. The van der Waals surface area contributed by atoms with Crippen LogP contribution in [-0.2, 0) is 25.7 Å². The average Bonchev–Trinajstić information content (AvgIpc) is 3.39. The normalized spacial score (nSPS) is 18.3. The van der Waals surface area contributed by atoms with Gasteiger partial charge in [0.05, 0.1) is 16.7 Å². The van der Waals surface area contributed by atoms with Gasteiger partial charge < -0.3 is 10.6 Å². The second-order valence-electron chi connectivity index (χ2n) is 9.68. The SMILES string of the molecule is CC1CCc2c(sc(NC(=O)c3ccc(C(=O)Nc4sc5c(c4C#N)CCC(C)C5)nc3)c2C#N)C1. The second-order valence-corrected chi connectivity index (χ2v) is 11.9. The fraction of sp³-hybridized carbons (Fsp3) is 0.370. The first-order valence-corrected chi connectivity index (χ1v) is 13.7. The zero-order valence-corrected chi connectivity index (χ0v) is 21.7. The number of hydrogen-bond donors (Lipinski definition) is 2. The summed E-state index contributed by atoms with van der Waals surface area (Å²) in [5, 5.41) is 26.2. The Bertz CT molecular complexity index is 1330. The Hall–Kier alpha value is -3.53. The Kier molecular flexibility index (Phi) is 6.61. The first-order chi connectivity index (χ1) is 17.4. The summed E-state index contributed by atoms with van der Waals surface area (Å²) >= 11 is 2.94. The van der Waals surface area contributed by atoms with Crippen molar-refractivity contribution in [2.24, 2.45) is 11.8 Å². The summed E-state index contributed by atoms with van der Waals surface area (Å²) in [7, 11) is 0. The van der Waals surface area contributed by atoms with Crippen molar-refractivity contribution in [2.45, 2.75) is 52.4 Å². The average molecular weight is 516 g/mol. The fourth-order valence-corrected chi connectivity index (χ4v) is 7.63. The van der Waals surface area contributed by atoms with Gasteiger partial charge in [0.15, 0.2) is 0 Å². The van der Waals surface area contributed by atoms with Crippen LogP contribution in [-0.4, -0.2) is 16.8 Å². The lowest BCUT2D eigenvalue weighted by molar-refractivity contribution is 0.101. The molecule has 0 aliphatic heterocycles. The zero-order chi connectivity index (χ0) is 25.4. The molecule has 3 aromatic rings. The van der Waals surface area contributed by atoms with Crippen molar-refractivity contribution in [1.82, 2.24) is 4.98 Å². The lowest BCUT2D eigenvalue weighted by Crippen LogP contribution is -2.16. The van der Waals surface area contributed by atoms with Crippen molar-refractivity contribution in [3.05, 3.63) is 61.6 Å². The van der Waals surface area contributed by atoms with Crippen LogP contribution < -0.4 is 10.6 Å². The molecule has 0 aromatic carbocycles. The Morgan fingerprint density at radius 3 is 1.89 bits per heavy atom. The van der Waals surface area contributed by atoms with Gasteiger partial charge in [-0.3, -0.25) is 14.6 Å². The lowest BCUT2D eigenvalue weighted by Gasteiger charge is -2.17. The molecule has 36 heavy (non-hydrogen) atoms. The van der Waals surface area contributed by atoms with Gasteiger partial charge in [-0.15, -0.1) is 22.7 Å². The van der Waals surface area contributed by atoms with Crippen molar-refractivity contribution in [3.8, 4) is 12.1 Å². The molecule has 0 fully saturated rings. The van der Waals surface area contributed by atoms with Gasteiger partial charge in [0.2, 0.25) is 0 Å². The number of nitrogens with one attached hydrogen (secondary N) is 2. The number of nitrogens with zero attached hydrogens (tertiary/aromatic N) is 3. The molecule has 0 saturated carbocycles. The number of carbonyl (C=O) groups is 2. The number of anilines is 2. The lowest BCUT2D eigenvalue weighted by atomic mass is 9.88. The summed E-state index contributed by atoms with van der Waals surface area (Å²) < 4.78 is 0. The summed E-state index contributed by atoms with van der Waals surface area (Å²) in [6.45, 7) is 4.40. The molecule has 0 spiro atoms. The molecule has 2 aliphatic carbocycles. The Labute approximate surface area is 217 Å². The highest BCUT2D eigenvalue weighted by atomic mass is 32.1. The number of aromatic nitrogens is 1. The highest BCUT2D eigenvalue weighted by molar-refractivity contribution is 7.17. The highest BCUT2D eigenvalue weighted by Crippen LogP contribution is 2.40. The maximum absolute atomic E-state index is 12.9. The van der Waals surface area contributed by atoms with E-state index in [0.29, 0.717) is 38.5 Å². The summed E-state index contributed by atoms with van der Waals surface area (Å²) in [5.74, 6) is 0.349. The van der Waals surface area contributed by atoms with Gasteiger partial charge in [-0.1, -0.05) is 13.8 Å². The van der Waals surface area contributed by atoms with E-state index in [1.165, 1.54) is 44.7 Å².